The fourth-order valence-electron chi connectivity index (χ4n) is 0.925. The minimum atomic E-state index is -0.593. The molecule has 4 heteroatoms. The van der Waals surface area contributed by atoms with E-state index < -0.39 is 18.2 Å². The lowest BCUT2D eigenvalue weighted by Crippen LogP contribution is -2.24. The average molecular weight is 128 g/mol. The Morgan fingerprint density at radius 3 is 2.56 bits per heavy atom. The highest BCUT2D eigenvalue weighted by molar-refractivity contribution is 6.11. The molecule has 1 rings (SSSR count). The zero-order chi connectivity index (χ0) is 6.85. The lowest BCUT2D eigenvalue weighted by molar-refractivity contribution is -0.00408. The Kier molecular flexibility index (Phi) is 2.11. The number of aliphatic hydroxyl groups excluding tert-OH is 2. The van der Waals surface area contributed by atoms with Crippen molar-refractivity contribution in [2.24, 2.45) is 0 Å². The highest BCUT2D eigenvalue weighted by atomic mass is 16.5. The summed E-state index contributed by atoms with van der Waals surface area (Å²) in [5.41, 5.74) is 0. The van der Waals surface area contributed by atoms with Crippen molar-refractivity contribution in [2.75, 3.05) is 6.61 Å². The Morgan fingerprint density at radius 1 is 1.67 bits per heavy atom. The van der Waals surface area contributed by atoms with Crippen molar-refractivity contribution in [1.82, 2.24) is 0 Å². The van der Waals surface area contributed by atoms with Crippen LogP contribution in [0.3, 0.4) is 0 Å². The molecule has 3 atom stereocenters. The summed E-state index contributed by atoms with van der Waals surface area (Å²) in [7, 11) is 5.30. The summed E-state index contributed by atoms with van der Waals surface area (Å²) >= 11 is 0. The zero-order valence-electron chi connectivity index (χ0n) is 5.03. The second-order valence-corrected chi connectivity index (χ2v) is 2.20. The standard InChI is InChI=1S/C5H9BO3/c6-5-1-3(8)4(2-7)9-5/h3-5,7-8H,1-2H2/t3-,4?,5?/m1/s1. The van der Waals surface area contributed by atoms with Gasteiger partial charge in [0, 0.05) is 6.00 Å². The Balaban J connectivity index is 2.38. The van der Waals surface area contributed by atoms with E-state index in [2.05, 4.69) is 0 Å². The van der Waals surface area contributed by atoms with Crippen LogP contribution in [0, 0.1) is 0 Å². The van der Waals surface area contributed by atoms with Crippen LogP contribution < -0.4 is 0 Å². The molecule has 3 nitrogen and oxygen atoms in total. The van der Waals surface area contributed by atoms with Crippen molar-refractivity contribution in [3.63, 3.8) is 0 Å². The maximum Gasteiger partial charge on any atom is 0.109 e. The smallest absolute Gasteiger partial charge is 0.109 e. The lowest BCUT2D eigenvalue weighted by Gasteiger charge is -2.09. The Hall–Kier alpha value is -0.0551. The van der Waals surface area contributed by atoms with Crippen molar-refractivity contribution in [1.29, 1.82) is 0 Å². The van der Waals surface area contributed by atoms with Crippen molar-refractivity contribution < 1.29 is 14.9 Å². The van der Waals surface area contributed by atoms with Gasteiger partial charge < -0.3 is 14.9 Å². The van der Waals surface area contributed by atoms with Crippen molar-refractivity contribution in [3.8, 4) is 0 Å². The molecular weight excluding hydrogens is 119 g/mol. The molecule has 1 fully saturated rings. The molecule has 0 aromatic rings. The molecule has 1 aliphatic heterocycles. The number of hydrogen-bond donors (Lipinski definition) is 2. The maximum absolute atomic E-state index is 8.99. The summed E-state index contributed by atoms with van der Waals surface area (Å²) < 4.78 is 4.90. The first-order chi connectivity index (χ1) is 4.24. The second-order valence-electron chi connectivity index (χ2n) is 2.20. The van der Waals surface area contributed by atoms with Crippen molar-refractivity contribution >= 4 is 7.85 Å². The predicted molar refractivity (Wildman–Crippen MR) is 32.1 cm³/mol. The first-order valence-electron chi connectivity index (χ1n) is 2.94. The van der Waals surface area contributed by atoms with Gasteiger partial charge in [0.25, 0.3) is 0 Å². The van der Waals surface area contributed by atoms with Crippen LogP contribution >= 0.6 is 0 Å². The Morgan fingerprint density at radius 2 is 2.33 bits per heavy atom. The highest BCUT2D eigenvalue weighted by Crippen LogP contribution is 2.17. The molecule has 2 radical (unpaired) electrons. The number of ether oxygens (including phenoxy) is 1. The molecule has 0 spiro atoms. The Labute approximate surface area is 55.0 Å². The van der Waals surface area contributed by atoms with Gasteiger partial charge in [-0.1, -0.05) is 0 Å². The minimum absolute atomic E-state index is 0.158. The number of aliphatic hydroxyl groups is 2. The van der Waals surface area contributed by atoms with Crippen molar-refractivity contribution in [3.05, 3.63) is 0 Å². The fourth-order valence-corrected chi connectivity index (χ4v) is 0.925. The summed E-state index contributed by atoms with van der Waals surface area (Å²) in [5.74, 6) is 0. The van der Waals surface area contributed by atoms with Gasteiger partial charge >= 0.3 is 0 Å². The summed E-state index contributed by atoms with van der Waals surface area (Å²) in [6.07, 6.45) is -0.643. The quantitative estimate of drug-likeness (QED) is 0.428. The molecular formula is C5H9BO3. The Bertz CT molecular complexity index is 98.2. The third-order valence-corrected chi connectivity index (χ3v) is 1.43. The van der Waals surface area contributed by atoms with Gasteiger partial charge in [0.2, 0.25) is 0 Å². The van der Waals surface area contributed by atoms with E-state index in [-0.39, 0.29) is 6.61 Å². The van der Waals surface area contributed by atoms with Gasteiger partial charge in [-0.2, -0.15) is 0 Å². The summed E-state index contributed by atoms with van der Waals surface area (Å²) in [6.45, 7) is -0.158. The first-order valence-corrected chi connectivity index (χ1v) is 2.94. The van der Waals surface area contributed by atoms with Crippen molar-refractivity contribution in [2.45, 2.75) is 24.6 Å². The molecule has 1 saturated heterocycles. The lowest BCUT2D eigenvalue weighted by atomic mass is 9.96. The molecule has 2 unspecified atom stereocenters. The normalized spacial score (nSPS) is 43.6. The van der Waals surface area contributed by atoms with Crippen LogP contribution in [0.5, 0.6) is 0 Å². The molecule has 0 saturated carbocycles. The van der Waals surface area contributed by atoms with Gasteiger partial charge in [-0.05, 0) is 6.42 Å². The van der Waals surface area contributed by atoms with Gasteiger partial charge in [0.15, 0.2) is 0 Å². The number of rotatable bonds is 1. The largest absolute Gasteiger partial charge is 0.394 e. The molecule has 0 aromatic carbocycles. The van der Waals surface area contributed by atoms with Crippen LogP contribution in [0.2, 0.25) is 0 Å². The predicted octanol–water partition coefficient (Wildman–Crippen LogP) is -1.38. The molecule has 0 aromatic heterocycles. The van der Waals surface area contributed by atoms with E-state index in [1.165, 1.54) is 0 Å². The molecule has 0 bridgehead atoms. The fraction of sp³-hybridized carbons (Fsp3) is 1.00. The zero-order valence-corrected chi connectivity index (χ0v) is 5.03. The van der Waals surface area contributed by atoms with Crippen LogP contribution in [-0.2, 0) is 4.74 Å². The van der Waals surface area contributed by atoms with E-state index in [1.807, 2.05) is 0 Å². The van der Waals surface area contributed by atoms with Crippen LogP contribution in [0.15, 0.2) is 0 Å². The van der Waals surface area contributed by atoms with Crippen LogP contribution in [0.4, 0.5) is 0 Å². The third kappa shape index (κ3) is 1.44. The van der Waals surface area contributed by atoms with E-state index in [0.29, 0.717) is 6.42 Å². The number of hydrogen-bond acceptors (Lipinski definition) is 3. The van der Waals surface area contributed by atoms with E-state index in [4.69, 9.17) is 22.8 Å². The van der Waals surface area contributed by atoms with E-state index in [9.17, 15) is 0 Å². The molecule has 50 valence electrons. The summed E-state index contributed by atoms with van der Waals surface area (Å²) in [4.78, 5) is 0. The van der Waals surface area contributed by atoms with Gasteiger partial charge in [-0.25, -0.2) is 0 Å². The monoisotopic (exact) mass is 128 g/mol. The maximum atomic E-state index is 8.99. The third-order valence-electron chi connectivity index (χ3n) is 1.43. The second kappa shape index (κ2) is 2.69. The first kappa shape index (κ1) is 7.06. The SMILES string of the molecule is [B]C1C[C@@H](O)C(CO)O1. The van der Waals surface area contributed by atoms with Gasteiger partial charge in [0.1, 0.15) is 14.0 Å². The molecule has 0 amide bonds. The van der Waals surface area contributed by atoms with E-state index in [1.54, 1.807) is 0 Å². The molecule has 9 heavy (non-hydrogen) atoms. The minimum Gasteiger partial charge on any atom is -0.394 e. The highest BCUT2D eigenvalue weighted by Gasteiger charge is 2.29. The van der Waals surface area contributed by atoms with Crippen LogP contribution in [0.25, 0.3) is 0 Å². The van der Waals surface area contributed by atoms with Gasteiger partial charge in [-0.15, -0.1) is 0 Å². The topological polar surface area (TPSA) is 49.7 Å². The van der Waals surface area contributed by atoms with Gasteiger partial charge in [0.05, 0.1) is 12.7 Å². The van der Waals surface area contributed by atoms with Crippen LogP contribution in [-0.4, -0.2) is 42.9 Å². The summed E-state index contributed by atoms with van der Waals surface area (Å²) in [5, 5.41) is 17.5. The molecule has 2 N–H and O–H groups in total. The molecule has 1 heterocycles. The summed E-state index contributed by atoms with van der Waals surface area (Å²) in [6, 6.07) is -0.405. The van der Waals surface area contributed by atoms with E-state index in [0.717, 1.165) is 0 Å². The average Bonchev–Trinajstić information content (AvgIpc) is 2.10. The van der Waals surface area contributed by atoms with Gasteiger partial charge in [-0.3, -0.25) is 0 Å². The van der Waals surface area contributed by atoms with Crippen LogP contribution in [0.1, 0.15) is 6.42 Å². The van der Waals surface area contributed by atoms with E-state index >= 15 is 0 Å². The molecule has 1 aliphatic rings. The molecule has 0 aliphatic carbocycles.